The fourth-order valence-corrected chi connectivity index (χ4v) is 1.57. The molecule has 2 rings (SSSR count). The largest absolute Gasteiger partial charge is 0.495 e. The van der Waals surface area contributed by atoms with Gasteiger partial charge >= 0.3 is 11.6 Å². The van der Waals surface area contributed by atoms with Crippen molar-refractivity contribution in [2.45, 2.75) is 0 Å². The Morgan fingerprint density at radius 1 is 1.37 bits per heavy atom. The van der Waals surface area contributed by atoms with Gasteiger partial charge in [-0.3, -0.25) is 4.98 Å². The SMILES string of the molecule is COC(=O)c1c(OC)cc(-c2cccnc2)oc1=O. The van der Waals surface area contributed by atoms with E-state index in [1.165, 1.54) is 26.5 Å². The predicted octanol–water partition coefficient (Wildman–Crippen LogP) is 1.50. The Hall–Kier alpha value is -2.63. The molecule has 0 atom stereocenters. The van der Waals surface area contributed by atoms with Crippen molar-refractivity contribution in [1.29, 1.82) is 0 Å². The van der Waals surface area contributed by atoms with Gasteiger partial charge in [-0.25, -0.2) is 9.59 Å². The van der Waals surface area contributed by atoms with Gasteiger partial charge in [0.25, 0.3) is 0 Å². The average Bonchev–Trinajstić information content (AvgIpc) is 2.46. The quantitative estimate of drug-likeness (QED) is 0.779. The van der Waals surface area contributed by atoms with Crippen LogP contribution in [0.5, 0.6) is 5.75 Å². The van der Waals surface area contributed by atoms with Crippen molar-refractivity contribution in [3.8, 4) is 17.1 Å². The molecule has 19 heavy (non-hydrogen) atoms. The zero-order chi connectivity index (χ0) is 13.8. The van der Waals surface area contributed by atoms with Crippen LogP contribution in [0.1, 0.15) is 10.4 Å². The van der Waals surface area contributed by atoms with E-state index in [0.717, 1.165) is 0 Å². The van der Waals surface area contributed by atoms with Crippen LogP contribution in [0.2, 0.25) is 0 Å². The fourth-order valence-electron chi connectivity index (χ4n) is 1.57. The highest BCUT2D eigenvalue weighted by Gasteiger charge is 2.21. The number of ether oxygens (including phenoxy) is 2. The summed E-state index contributed by atoms with van der Waals surface area (Å²) in [7, 11) is 2.53. The second-order valence-corrected chi connectivity index (χ2v) is 3.57. The number of pyridine rings is 1. The van der Waals surface area contributed by atoms with Crippen molar-refractivity contribution >= 4 is 5.97 Å². The van der Waals surface area contributed by atoms with Crippen molar-refractivity contribution in [2.24, 2.45) is 0 Å². The third-order valence-electron chi connectivity index (χ3n) is 2.47. The van der Waals surface area contributed by atoms with Gasteiger partial charge < -0.3 is 13.9 Å². The molecule has 0 fully saturated rings. The first-order valence-corrected chi connectivity index (χ1v) is 5.38. The molecular weight excluding hydrogens is 250 g/mol. The van der Waals surface area contributed by atoms with E-state index in [9.17, 15) is 9.59 Å². The van der Waals surface area contributed by atoms with Gasteiger partial charge in [0.05, 0.1) is 14.2 Å². The maximum Gasteiger partial charge on any atom is 0.354 e. The summed E-state index contributed by atoms with van der Waals surface area (Å²) in [6, 6.07) is 4.88. The third kappa shape index (κ3) is 2.47. The zero-order valence-electron chi connectivity index (χ0n) is 10.4. The standard InChI is InChI=1S/C13H11NO5/c1-17-10-6-9(8-4-3-5-14-7-8)19-13(16)11(10)12(15)18-2/h3-7H,1-2H3. The summed E-state index contributed by atoms with van der Waals surface area (Å²) in [5, 5.41) is 0. The molecule has 0 radical (unpaired) electrons. The molecule has 6 nitrogen and oxygen atoms in total. The number of hydrogen-bond donors (Lipinski definition) is 0. The van der Waals surface area contributed by atoms with Gasteiger partial charge in [0.15, 0.2) is 5.56 Å². The van der Waals surface area contributed by atoms with E-state index in [4.69, 9.17) is 9.15 Å². The third-order valence-corrected chi connectivity index (χ3v) is 2.47. The summed E-state index contributed by atoms with van der Waals surface area (Å²) in [5.41, 5.74) is -0.475. The van der Waals surface area contributed by atoms with E-state index in [-0.39, 0.29) is 17.1 Å². The molecule has 2 aromatic heterocycles. The van der Waals surface area contributed by atoms with Gasteiger partial charge in [-0.05, 0) is 12.1 Å². The van der Waals surface area contributed by atoms with Gasteiger partial charge in [-0.1, -0.05) is 0 Å². The zero-order valence-corrected chi connectivity index (χ0v) is 10.4. The van der Waals surface area contributed by atoms with Crippen LogP contribution in [0.4, 0.5) is 0 Å². The number of methoxy groups -OCH3 is 2. The lowest BCUT2D eigenvalue weighted by atomic mass is 10.2. The molecule has 0 aromatic carbocycles. The topological polar surface area (TPSA) is 78.6 Å². The number of carbonyl (C=O) groups excluding carboxylic acids is 1. The van der Waals surface area contributed by atoms with Crippen LogP contribution >= 0.6 is 0 Å². The molecule has 2 heterocycles. The van der Waals surface area contributed by atoms with Gasteiger partial charge in [0.2, 0.25) is 0 Å². The second kappa shape index (κ2) is 5.34. The predicted molar refractivity (Wildman–Crippen MR) is 66.1 cm³/mol. The van der Waals surface area contributed by atoms with Gasteiger partial charge in [-0.2, -0.15) is 0 Å². The maximum atomic E-state index is 11.8. The number of nitrogens with zero attached hydrogens (tertiary/aromatic N) is 1. The first-order valence-electron chi connectivity index (χ1n) is 5.38. The van der Waals surface area contributed by atoms with Crippen LogP contribution in [0, 0.1) is 0 Å². The molecule has 0 aliphatic carbocycles. The minimum absolute atomic E-state index is 0.0990. The van der Waals surface area contributed by atoms with Crippen LogP contribution in [-0.2, 0) is 4.74 Å². The molecule has 0 unspecified atom stereocenters. The van der Waals surface area contributed by atoms with Gasteiger partial charge in [0.1, 0.15) is 11.5 Å². The van der Waals surface area contributed by atoms with Crippen molar-refractivity contribution in [2.75, 3.05) is 14.2 Å². The number of carbonyl (C=O) groups is 1. The molecular formula is C13H11NO5. The highest BCUT2D eigenvalue weighted by Crippen LogP contribution is 2.24. The second-order valence-electron chi connectivity index (χ2n) is 3.57. The molecule has 0 N–H and O–H groups in total. The number of aromatic nitrogens is 1. The summed E-state index contributed by atoms with van der Waals surface area (Å²) in [4.78, 5) is 27.2. The molecule has 0 spiro atoms. The maximum absolute atomic E-state index is 11.8. The average molecular weight is 261 g/mol. The van der Waals surface area contributed by atoms with E-state index >= 15 is 0 Å². The smallest absolute Gasteiger partial charge is 0.354 e. The normalized spacial score (nSPS) is 10.0. The number of esters is 1. The first-order chi connectivity index (χ1) is 9.17. The molecule has 0 amide bonds. The Bertz CT molecular complexity index is 648. The van der Waals surface area contributed by atoms with Crippen LogP contribution in [0.3, 0.4) is 0 Å². The van der Waals surface area contributed by atoms with Crippen LogP contribution < -0.4 is 10.4 Å². The van der Waals surface area contributed by atoms with Crippen molar-refractivity contribution < 1.29 is 18.7 Å². The van der Waals surface area contributed by atoms with Crippen molar-refractivity contribution in [1.82, 2.24) is 4.98 Å². The van der Waals surface area contributed by atoms with Gasteiger partial charge in [-0.15, -0.1) is 0 Å². The van der Waals surface area contributed by atoms with Crippen LogP contribution in [0.25, 0.3) is 11.3 Å². The summed E-state index contributed by atoms with van der Waals surface area (Å²) >= 11 is 0. The molecule has 0 saturated heterocycles. The molecule has 0 aliphatic heterocycles. The van der Waals surface area contributed by atoms with Crippen molar-refractivity contribution in [3.05, 3.63) is 46.6 Å². The Morgan fingerprint density at radius 2 is 2.16 bits per heavy atom. The summed E-state index contributed by atoms with van der Waals surface area (Å²) in [6.45, 7) is 0. The van der Waals surface area contributed by atoms with E-state index in [2.05, 4.69) is 9.72 Å². The Kier molecular flexibility index (Phi) is 3.61. The molecule has 98 valence electrons. The monoisotopic (exact) mass is 261 g/mol. The van der Waals surface area contributed by atoms with E-state index < -0.39 is 11.6 Å². The summed E-state index contributed by atoms with van der Waals surface area (Å²) < 4.78 is 14.6. The lowest BCUT2D eigenvalue weighted by Crippen LogP contribution is -2.17. The summed E-state index contributed by atoms with van der Waals surface area (Å²) in [6.07, 6.45) is 3.14. The lowest BCUT2D eigenvalue weighted by molar-refractivity contribution is 0.0591. The minimum Gasteiger partial charge on any atom is -0.495 e. The molecule has 6 heteroatoms. The Balaban J connectivity index is 2.61. The van der Waals surface area contributed by atoms with Crippen LogP contribution in [-0.4, -0.2) is 25.2 Å². The molecule has 0 bridgehead atoms. The number of rotatable bonds is 3. The molecule has 0 saturated carbocycles. The lowest BCUT2D eigenvalue weighted by Gasteiger charge is -2.07. The number of hydrogen-bond acceptors (Lipinski definition) is 6. The Labute approximate surface area is 108 Å². The van der Waals surface area contributed by atoms with Crippen molar-refractivity contribution in [3.63, 3.8) is 0 Å². The van der Waals surface area contributed by atoms with Crippen LogP contribution in [0.15, 0.2) is 39.8 Å². The van der Waals surface area contributed by atoms with E-state index in [1.54, 1.807) is 18.3 Å². The molecule has 2 aromatic rings. The van der Waals surface area contributed by atoms with E-state index in [0.29, 0.717) is 5.56 Å². The first kappa shape index (κ1) is 12.8. The minimum atomic E-state index is -0.815. The highest BCUT2D eigenvalue weighted by atomic mass is 16.5. The summed E-state index contributed by atoms with van der Waals surface area (Å²) in [5.74, 6) is -0.437. The van der Waals surface area contributed by atoms with Gasteiger partial charge in [0, 0.05) is 24.0 Å². The Morgan fingerprint density at radius 3 is 2.74 bits per heavy atom. The van der Waals surface area contributed by atoms with E-state index in [1.807, 2.05) is 0 Å². The highest BCUT2D eigenvalue weighted by molar-refractivity contribution is 5.92. The molecule has 0 aliphatic rings. The fraction of sp³-hybridized carbons (Fsp3) is 0.154.